The lowest BCUT2D eigenvalue weighted by Gasteiger charge is -2.16. The van der Waals surface area contributed by atoms with Crippen molar-refractivity contribution >= 4 is 11.7 Å². The van der Waals surface area contributed by atoms with E-state index in [2.05, 4.69) is 11.8 Å². The normalized spacial score (nSPS) is 10.6. The Kier molecular flexibility index (Phi) is 7.30. The van der Waals surface area contributed by atoms with Crippen LogP contribution >= 0.6 is 0 Å². The zero-order valence-electron chi connectivity index (χ0n) is 19.4. The molecule has 0 saturated heterocycles. The van der Waals surface area contributed by atoms with Crippen LogP contribution in [0.4, 0.5) is 5.69 Å². The Hall–Kier alpha value is -3.91. The molecule has 0 bridgehead atoms. The number of aryl methyl sites for hydroxylation is 2. The van der Waals surface area contributed by atoms with Gasteiger partial charge in [0, 0.05) is 11.3 Å². The lowest BCUT2D eigenvalue weighted by molar-refractivity contribution is -0.139. The van der Waals surface area contributed by atoms with Gasteiger partial charge in [-0.05, 0) is 90.4 Å². The van der Waals surface area contributed by atoms with Gasteiger partial charge in [0.15, 0.2) is 6.61 Å². The van der Waals surface area contributed by atoms with Crippen molar-refractivity contribution in [2.75, 3.05) is 12.3 Å². The van der Waals surface area contributed by atoms with E-state index in [4.69, 9.17) is 15.6 Å². The molecule has 33 heavy (non-hydrogen) atoms. The van der Waals surface area contributed by atoms with Crippen LogP contribution in [0.2, 0.25) is 0 Å². The molecule has 0 amide bonds. The molecule has 0 fully saturated rings. The van der Waals surface area contributed by atoms with Gasteiger partial charge < -0.3 is 20.7 Å². The standard InChI is InChI=1S/C28H29NO4/c1-17(2)25-14-21(12-22(28(25)32)9-8-20-6-5-7-23(29)13-20)15-26-18(3)10-24(11-19(26)4)33-16-27(30)31/h5-7,10-14,17,32H,15-16,29H2,1-4H3,(H,30,31). The first-order valence-electron chi connectivity index (χ1n) is 10.8. The fourth-order valence-electron chi connectivity index (χ4n) is 3.78. The summed E-state index contributed by atoms with van der Waals surface area (Å²) in [6, 6.07) is 15.0. The van der Waals surface area contributed by atoms with Gasteiger partial charge in [-0.2, -0.15) is 0 Å². The van der Waals surface area contributed by atoms with Crippen LogP contribution in [0.3, 0.4) is 0 Å². The first kappa shape index (κ1) is 23.7. The molecule has 0 radical (unpaired) electrons. The van der Waals surface area contributed by atoms with Gasteiger partial charge in [0.05, 0.1) is 5.56 Å². The average Bonchev–Trinajstić information content (AvgIpc) is 2.74. The Morgan fingerprint density at radius 3 is 2.36 bits per heavy atom. The van der Waals surface area contributed by atoms with Gasteiger partial charge in [-0.1, -0.05) is 37.8 Å². The van der Waals surface area contributed by atoms with E-state index in [1.54, 1.807) is 6.07 Å². The molecule has 0 spiro atoms. The van der Waals surface area contributed by atoms with Gasteiger partial charge >= 0.3 is 5.97 Å². The molecule has 0 heterocycles. The molecule has 0 aliphatic rings. The van der Waals surface area contributed by atoms with Gasteiger partial charge in [-0.15, -0.1) is 0 Å². The smallest absolute Gasteiger partial charge is 0.341 e. The highest BCUT2D eigenvalue weighted by atomic mass is 16.5. The van der Waals surface area contributed by atoms with Crippen LogP contribution in [0.15, 0.2) is 48.5 Å². The zero-order valence-corrected chi connectivity index (χ0v) is 19.4. The minimum Gasteiger partial charge on any atom is -0.506 e. The van der Waals surface area contributed by atoms with Crippen LogP contribution in [0.5, 0.6) is 11.5 Å². The first-order valence-corrected chi connectivity index (χ1v) is 10.8. The zero-order chi connectivity index (χ0) is 24.1. The van der Waals surface area contributed by atoms with Crippen molar-refractivity contribution in [3.63, 3.8) is 0 Å². The summed E-state index contributed by atoms with van der Waals surface area (Å²) in [4.78, 5) is 10.8. The number of nitrogens with two attached hydrogens (primary N) is 1. The number of nitrogen functional groups attached to an aromatic ring is 1. The molecule has 5 nitrogen and oxygen atoms in total. The number of hydrogen-bond acceptors (Lipinski definition) is 4. The van der Waals surface area contributed by atoms with Crippen LogP contribution in [0.1, 0.15) is 58.7 Å². The molecule has 0 saturated carbocycles. The summed E-state index contributed by atoms with van der Waals surface area (Å²) < 4.78 is 5.34. The lowest BCUT2D eigenvalue weighted by Crippen LogP contribution is -2.10. The van der Waals surface area contributed by atoms with Crippen LogP contribution in [-0.2, 0) is 11.2 Å². The van der Waals surface area contributed by atoms with Gasteiger partial charge in [0.1, 0.15) is 11.5 Å². The number of ether oxygens (including phenoxy) is 1. The summed E-state index contributed by atoms with van der Waals surface area (Å²) in [7, 11) is 0. The van der Waals surface area contributed by atoms with Crippen molar-refractivity contribution in [2.24, 2.45) is 0 Å². The van der Waals surface area contributed by atoms with Crippen molar-refractivity contribution in [3.8, 4) is 23.3 Å². The number of carboxylic acids is 1. The van der Waals surface area contributed by atoms with E-state index in [0.29, 0.717) is 23.4 Å². The number of carboxylic acid groups (broad SMARTS) is 1. The van der Waals surface area contributed by atoms with E-state index in [-0.39, 0.29) is 18.3 Å². The summed E-state index contributed by atoms with van der Waals surface area (Å²) in [5.74, 6) is 6.08. The molecule has 0 unspecified atom stereocenters. The van der Waals surface area contributed by atoms with Crippen molar-refractivity contribution in [1.29, 1.82) is 0 Å². The maximum atomic E-state index is 10.8. The van der Waals surface area contributed by atoms with E-state index in [1.807, 2.05) is 70.2 Å². The molecular weight excluding hydrogens is 414 g/mol. The number of phenolic OH excluding ortho intramolecular Hbond substituents is 1. The average molecular weight is 444 g/mol. The molecule has 0 aromatic heterocycles. The van der Waals surface area contributed by atoms with Crippen molar-refractivity contribution < 1.29 is 19.7 Å². The Bertz CT molecular complexity index is 1230. The van der Waals surface area contributed by atoms with Gasteiger partial charge in [-0.3, -0.25) is 0 Å². The van der Waals surface area contributed by atoms with Crippen molar-refractivity contribution in [2.45, 2.75) is 40.0 Å². The largest absolute Gasteiger partial charge is 0.506 e. The number of hydrogen-bond donors (Lipinski definition) is 3. The summed E-state index contributed by atoms with van der Waals surface area (Å²) in [5, 5.41) is 19.7. The second-order valence-corrected chi connectivity index (χ2v) is 8.51. The highest BCUT2D eigenvalue weighted by Crippen LogP contribution is 2.32. The highest BCUT2D eigenvalue weighted by molar-refractivity contribution is 5.68. The van der Waals surface area contributed by atoms with E-state index in [0.717, 1.165) is 33.4 Å². The van der Waals surface area contributed by atoms with E-state index >= 15 is 0 Å². The molecular formula is C28H29NO4. The molecule has 0 atom stereocenters. The third-order valence-electron chi connectivity index (χ3n) is 5.46. The molecule has 3 aromatic rings. The van der Waals surface area contributed by atoms with E-state index in [9.17, 15) is 9.90 Å². The fourth-order valence-corrected chi connectivity index (χ4v) is 3.78. The number of benzene rings is 3. The SMILES string of the molecule is Cc1cc(OCC(=O)O)cc(C)c1Cc1cc(C#Cc2cccc(N)c2)c(O)c(C(C)C)c1. The van der Waals surface area contributed by atoms with Crippen LogP contribution < -0.4 is 10.5 Å². The Morgan fingerprint density at radius 1 is 1.06 bits per heavy atom. The molecule has 0 aliphatic heterocycles. The topological polar surface area (TPSA) is 92.8 Å². The van der Waals surface area contributed by atoms with Gasteiger partial charge in [0.2, 0.25) is 0 Å². The summed E-state index contributed by atoms with van der Waals surface area (Å²) in [6.45, 7) is 7.68. The third kappa shape index (κ3) is 6.08. The number of aromatic hydroxyl groups is 1. The number of anilines is 1. The Balaban J connectivity index is 1.98. The molecule has 3 aromatic carbocycles. The number of phenols is 1. The Morgan fingerprint density at radius 2 is 1.76 bits per heavy atom. The van der Waals surface area contributed by atoms with Crippen LogP contribution in [0, 0.1) is 25.7 Å². The third-order valence-corrected chi connectivity index (χ3v) is 5.46. The minimum absolute atomic E-state index is 0.131. The maximum Gasteiger partial charge on any atom is 0.341 e. The van der Waals surface area contributed by atoms with Gasteiger partial charge in [-0.25, -0.2) is 4.79 Å². The first-order chi connectivity index (χ1) is 15.6. The second-order valence-electron chi connectivity index (χ2n) is 8.51. The molecule has 5 heteroatoms. The second kappa shape index (κ2) is 10.1. The summed E-state index contributed by atoms with van der Waals surface area (Å²) in [5.41, 5.74) is 12.9. The molecule has 3 rings (SSSR count). The Labute approximate surface area is 194 Å². The predicted molar refractivity (Wildman–Crippen MR) is 131 cm³/mol. The highest BCUT2D eigenvalue weighted by Gasteiger charge is 2.14. The van der Waals surface area contributed by atoms with E-state index < -0.39 is 5.97 Å². The summed E-state index contributed by atoms with van der Waals surface area (Å²) >= 11 is 0. The molecule has 170 valence electrons. The monoisotopic (exact) mass is 443 g/mol. The van der Waals surface area contributed by atoms with Crippen molar-refractivity contribution in [1.82, 2.24) is 0 Å². The van der Waals surface area contributed by atoms with Gasteiger partial charge in [0.25, 0.3) is 0 Å². The van der Waals surface area contributed by atoms with Crippen LogP contribution in [-0.4, -0.2) is 22.8 Å². The molecule has 4 N–H and O–H groups in total. The fraction of sp³-hybridized carbons (Fsp3) is 0.250. The minimum atomic E-state index is -1.01. The maximum absolute atomic E-state index is 10.8. The number of rotatable bonds is 6. The quantitative estimate of drug-likeness (QED) is 0.361. The van der Waals surface area contributed by atoms with Crippen molar-refractivity contribution in [3.05, 3.63) is 87.5 Å². The lowest BCUT2D eigenvalue weighted by atomic mass is 9.91. The number of aliphatic carboxylic acids is 1. The predicted octanol–water partition coefficient (Wildman–Crippen LogP) is 5.17. The summed E-state index contributed by atoms with van der Waals surface area (Å²) in [6.07, 6.45) is 0.657. The number of carbonyl (C=O) groups is 1. The molecule has 0 aliphatic carbocycles. The van der Waals surface area contributed by atoms with Crippen LogP contribution in [0.25, 0.3) is 0 Å². The van der Waals surface area contributed by atoms with E-state index in [1.165, 1.54) is 0 Å².